The average Bonchev–Trinajstić information content (AvgIpc) is 2.80. The lowest BCUT2D eigenvalue weighted by Crippen LogP contribution is -2.60. The molecule has 35 heavy (non-hydrogen) atoms. The maximum absolute atomic E-state index is 13.4. The smallest absolute Gasteiger partial charge is 0.302 e. The fourth-order valence-electron chi connectivity index (χ4n) is 3.96. The van der Waals surface area contributed by atoms with Gasteiger partial charge >= 0.3 is 5.97 Å². The number of aromatic hydroxyl groups is 3. The minimum Gasteiger partial charge on any atom is -0.508 e. The quantitative estimate of drug-likeness (QED) is 0.304. The summed E-state index contributed by atoms with van der Waals surface area (Å²) in [7, 11) is 0. The van der Waals surface area contributed by atoms with E-state index in [1.54, 1.807) is 0 Å². The third-order valence-corrected chi connectivity index (χ3v) is 5.72. The van der Waals surface area contributed by atoms with Crippen LogP contribution in [0.5, 0.6) is 23.0 Å². The maximum atomic E-state index is 13.4. The molecule has 1 saturated heterocycles. The molecule has 12 nitrogen and oxygen atoms in total. The van der Waals surface area contributed by atoms with Gasteiger partial charge in [-0.25, -0.2) is 0 Å². The van der Waals surface area contributed by atoms with E-state index in [9.17, 15) is 40.2 Å². The molecule has 0 spiro atoms. The number of ether oxygens (including phenoxy) is 4. The molecule has 0 saturated carbocycles. The molecule has 2 heterocycles. The Kier molecular flexibility index (Phi) is 6.83. The van der Waals surface area contributed by atoms with Crippen molar-refractivity contribution in [3.63, 3.8) is 0 Å². The summed E-state index contributed by atoms with van der Waals surface area (Å²) in [6, 6.07) is 7.68. The Bertz CT molecular complexity index is 1100. The Labute approximate surface area is 198 Å². The minimum atomic E-state index is -1.80. The topological polar surface area (TPSA) is 192 Å². The van der Waals surface area contributed by atoms with Crippen LogP contribution >= 0.6 is 0 Å². The lowest BCUT2D eigenvalue weighted by atomic mass is 9.92. The number of carbonyl (C=O) groups is 2. The molecule has 0 unspecified atom stereocenters. The van der Waals surface area contributed by atoms with Crippen molar-refractivity contribution in [2.24, 2.45) is 0 Å². The van der Waals surface area contributed by atoms with Gasteiger partial charge in [-0.3, -0.25) is 9.59 Å². The molecule has 4 rings (SSSR count). The van der Waals surface area contributed by atoms with Crippen LogP contribution in [0, 0.1) is 0 Å². The predicted octanol–water partition coefficient (Wildman–Crippen LogP) is -0.124. The molecular formula is C23H24O12. The van der Waals surface area contributed by atoms with E-state index in [0.29, 0.717) is 5.56 Å². The van der Waals surface area contributed by atoms with Crippen LogP contribution < -0.4 is 4.74 Å². The van der Waals surface area contributed by atoms with E-state index in [2.05, 4.69) is 0 Å². The molecule has 0 aliphatic carbocycles. The molecular weight excluding hydrogens is 468 g/mol. The Balaban J connectivity index is 1.68. The number of hydrogen-bond acceptors (Lipinski definition) is 12. The van der Waals surface area contributed by atoms with E-state index in [1.807, 2.05) is 0 Å². The normalized spacial score (nSPS) is 30.3. The number of carbonyl (C=O) groups excluding carboxylic acids is 2. The van der Waals surface area contributed by atoms with Gasteiger partial charge in [-0.1, -0.05) is 12.1 Å². The fraction of sp³-hybridized carbons (Fsp3) is 0.391. The summed E-state index contributed by atoms with van der Waals surface area (Å²) in [5.74, 6) is -2.56. The van der Waals surface area contributed by atoms with E-state index in [-0.39, 0.29) is 22.8 Å². The molecule has 6 N–H and O–H groups in total. The molecule has 0 bridgehead atoms. The van der Waals surface area contributed by atoms with Crippen molar-refractivity contribution in [2.75, 3.05) is 6.61 Å². The molecule has 2 aliphatic rings. The van der Waals surface area contributed by atoms with E-state index in [0.717, 1.165) is 19.1 Å². The number of phenolic OH excluding ortho intramolecular Hbond substituents is 3. The fourth-order valence-corrected chi connectivity index (χ4v) is 3.96. The molecule has 12 heteroatoms. The number of Topliss-reactive ketones (excluding diaryl/α,β-unsaturated/α-hetero) is 1. The van der Waals surface area contributed by atoms with Gasteiger partial charge in [0.15, 0.2) is 18.5 Å². The molecule has 7 atom stereocenters. The minimum absolute atomic E-state index is 0.0551. The van der Waals surface area contributed by atoms with Crippen LogP contribution in [0.1, 0.15) is 28.9 Å². The number of esters is 1. The Morgan fingerprint density at radius 2 is 1.66 bits per heavy atom. The van der Waals surface area contributed by atoms with Crippen molar-refractivity contribution in [3.05, 3.63) is 47.5 Å². The Morgan fingerprint density at radius 3 is 2.31 bits per heavy atom. The van der Waals surface area contributed by atoms with Gasteiger partial charge in [0.2, 0.25) is 5.78 Å². The Hall–Kier alpha value is -3.42. The molecule has 2 aliphatic heterocycles. The van der Waals surface area contributed by atoms with Crippen LogP contribution in [0.25, 0.3) is 0 Å². The van der Waals surface area contributed by atoms with Crippen molar-refractivity contribution < 1.29 is 59.2 Å². The van der Waals surface area contributed by atoms with Gasteiger partial charge in [-0.05, 0) is 17.7 Å². The van der Waals surface area contributed by atoms with Crippen LogP contribution in [0.4, 0.5) is 0 Å². The molecule has 188 valence electrons. The summed E-state index contributed by atoms with van der Waals surface area (Å²) in [6.07, 6.45) is -10.9. The predicted molar refractivity (Wildman–Crippen MR) is 114 cm³/mol. The van der Waals surface area contributed by atoms with Gasteiger partial charge in [0.05, 0.1) is 0 Å². The molecule has 2 aromatic carbocycles. The first-order valence-corrected chi connectivity index (χ1v) is 10.6. The van der Waals surface area contributed by atoms with Gasteiger partial charge in [0.1, 0.15) is 59.6 Å². The highest BCUT2D eigenvalue weighted by atomic mass is 16.7. The van der Waals surface area contributed by atoms with Gasteiger partial charge in [0, 0.05) is 19.1 Å². The van der Waals surface area contributed by atoms with Gasteiger partial charge in [-0.15, -0.1) is 0 Å². The van der Waals surface area contributed by atoms with E-state index in [1.165, 1.54) is 24.3 Å². The third kappa shape index (κ3) is 4.88. The van der Waals surface area contributed by atoms with E-state index < -0.39 is 67.0 Å². The maximum Gasteiger partial charge on any atom is 0.302 e. The first-order valence-electron chi connectivity index (χ1n) is 10.6. The number of hydrogen-bond donors (Lipinski definition) is 6. The van der Waals surface area contributed by atoms with Crippen molar-refractivity contribution in [2.45, 2.75) is 49.8 Å². The first-order chi connectivity index (χ1) is 16.6. The molecule has 0 amide bonds. The average molecular weight is 492 g/mol. The number of phenols is 3. The zero-order valence-corrected chi connectivity index (χ0v) is 18.3. The summed E-state index contributed by atoms with van der Waals surface area (Å²) in [5.41, 5.74) is 0.0714. The number of benzene rings is 2. The van der Waals surface area contributed by atoms with Crippen LogP contribution in [0.3, 0.4) is 0 Å². The standard InChI is InChI=1S/C23H24O12/c1-9(24)32-8-15-17(28)19(30)20(31)23(34-15)35-22-18(29)16-13(27)6-12(26)7-14(16)33-21(22)10-2-4-11(25)5-3-10/h2-7,15,17,19-23,25-28,30-31H,8H2,1H3/t15-,17+,19+,20-,21+,22+,23-/m1/s1. The van der Waals surface area contributed by atoms with Crippen molar-refractivity contribution in [1.82, 2.24) is 0 Å². The second-order valence-corrected chi connectivity index (χ2v) is 8.21. The highest BCUT2D eigenvalue weighted by Crippen LogP contribution is 2.43. The number of aliphatic hydroxyl groups is 3. The second kappa shape index (κ2) is 9.68. The molecule has 0 aromatic heterocycles. The van der Waals surface area contributed by atoms with Crippen molar-refractivity contribution in [3.8, 4) is 23.0 Å². The number of rotatable bonds is 5. The monoisotopic (exact) mass is 492 g/mol. The van der Waals surface area contributed by atoms with Crippen LogP contribution in [0.2, 0.25) is 0 Å². The van der Waals surface area contributed by atoms with Gasteiger partial charge in [0.25, 0.3) is 0 Å². The summed E-state index contributed by atoms with van der Waals surface area (Å²) >= 11 is 0. The van der Waals surface area contributed by atoms with Gasteiger partial charge in [-0.2, -0.15) is 0 Å². The van der Waals surface area contributed by atoms with E-state index >= 15 is 0 Å². The summed E-state index contributed by atoms with van der Waals surface area (Å²) in [4.78, 5) is 24.6. The first kappa shape index (κ1) is 24.7. The highest BCUT2D eigenvalue weighted by Gasteiger charge is 2.49. The summed E-state index contributed by atoms with van der Waals surface area (Å²) < 4.78 is 22.0. The summed E-state index contributed by atoms with van der Waals surface area (Å²) in [6.45, 7) is 0.677. The largest absolute Gasteiger partial charge is 0.508 e. The van der Waals surface area contributed by atoms with Crippen LogP contribution in [-0.4, -0.2) is 85.8 Å². The second-order valence-electron chi connectivity index (χ2n) is 8.21. The van der Waals surface area contributed by atoms with E-state index in [4.69, 9.17) is 18.9 Å². The Morgan fingerprint density at radius 1 is 0.971 bits per heavy atom. The van der Waals surface area contributed by atoms with Crippen LogP contribution in [-0.2, 0) is 19.0 Å². The van der Waals surface area contributed by atoms with Crippen molar-refractivity contribution >= 4 is 11.8 Å². The molecule has 1 fully saturated rings. The van der Waals surface area contributed by atoms with Gasteiger partial charge < -0.3 is 49.6 Å². The zero-order valence-electron chi connectivity index (χ0n) is 18.3. The van der Waals surface area contributed by atoms with Crippen molar-refractivity contribution in [1.29, 1.82) is 0 Å². The zero-order chi connectivity index (χ0) is 25.4. The lowest BCUT2D eigenvalue weighted by molar-refractivity contribution is -0.312. The highest BCUT2D eigenvalue weighted by molar-refractivity contribution is 6.05. The third-order valence-electron chi connectivity index (χ3n) is 5.72. The lowest BCUT2D eigenvalue weighted by Gasteiger charge is -2.42. The molecule has 0 radical (unpaired) electrons. The summed E-state index contributed by atoms with van der Waals surface area (Å²) in [5, 5.41) is 60.7. The number of fused-ring (bicyclic) bond motifs is 1. The molecule has 2 aromatic rings. The number of aliphatic hydroxyl groups excluding tert-OH is 3. The van der Waals surface area contributed by atoms with Crippen LogP contribution in [0.15, 0.2) is 36.4 Å². The number of ketones is 1. The SMILES string of the molecule is CC(=O)OC[C@H]1O[C@H](O[C@H]2C(=O)c3c(O)cc(O)cc3O[C@H]2c2ccc(O)cc2)[C@H](O)[C@@H](O)[C@H]1O.